The summed E-state index contributed by atoms with van der Waals surface area (Å²) in [6.45, 7) is 3.37. The zero-order chi connectivity index (χ0) is 17.9. The Morgan fingerprint density at radius 3 is 2.46 bits per heavy atom. The van der Waals surface area contributed by atoms with Crippen LogP contribution in [0.2, 0.25) is 0 Å². The lowest BCUT2D eigenvalue weighted by Crippen LogP contribution is -2.35. The molecule has 136 valence electrons. The number of amides is 1. The van der Waals surface area contributed by atoms with E-state index in [2.05, 4.69) is 34.1 Å². The van der Waals surface area contributed by atoms with Crippen LogP contribution < -0.4 is 10.6 Å². The van der Waals surface area contributed by atoms with Gasteiger partial charge >= 0.3 is 0 Å². The molecule has 5 heteroatoms. The molecular weight excluding hydrogens is 324 g/mol. The molecule has 2 fully saturated rings. The summed E-state index contributed by atoms with van der Waals surface area (Å²) in [6.07, 6.45) is 5.14. The van der Waals surface area contributed by atoms with E-state index in [9.17, 15) is 4.79 Å². The van der Waals surface area contributed by atoms with Gasteiger partial charge in [-0.05, 0) is 37.0 Å². The third kappa shape index (κ3) is 3.44. The average molecular weight is 350 g/mol. The first kappa shape index (κ1) is 17.0. The number of hydrogen-bond donors (Lipinski definition) is 1. The Bertz CT molecular complexity index is 740. The maximum absolute atomic E-state index is 12.6. The number of nitrogens with zero attached hydrogens (tertiary/aromatic N) is 3. The Labute approximate surface area is 154 Å². The van der Waals surface area contributed by atoms with Crippen molar-refractivity contribution in [3.05, 3.63) is 59.8 Å². The van der Waals surface area contributed by atoms with Gasteiger partial charge in [0.1, 0.15) is 5.82 Å². The standard InChI is InChI=1S/C21H26N4O/c22-19-15-25(14-18(19)16-7-3-1-4-8-16)20-10-9-17(13-23-20)21(26)24-11-5-2-6-12-24/h1,3-4,7-10,13,18-19H,2,5-6,11-12,14-15,22H2/t18-,19+/m0/s1. The summed E-state index contributed by atoms with van der Waals surface area (Å²) in [7, 11) is 0. The van der Waals surface area contributed by atoms with Crippen molar-refractivity contribution in [2.75, 3.05) is 31.1 Å². The molecule has 2 aliphatic rings. The lowest BCUT2D eigenvalue weighted by molar-refractivity contribution is 0.0724. The largest absolute Gasteiger partial charge is 0.354 e. The van der Waals surface area contributed by atoms with Crippen molar-refractivity contribution in [1.29, 1.82) is 0 Å². The van der Waals surface area contributed by atoms with Crippen LogP contribution in [0.5, 0.6) is 0 Å². The van der Waals surface area contributed by atoms with E-state index in [1.807, 2.05) is 23.1 Å². The highest BCUT2D eigenvalue weighted by molar-refractivity contribution is 5.94. The predicted molar refractivity (Wildman–Crippen MR) is 103 cm³/mol. The van der Waals surface area contributed by atoms with E-state index < -0.39 is 0 Å². The molecule has 0 bridgehead atoms. The quantitative estimate of drug-likeness (QED) is 0.924. The molecule has 1 aromatic heterocycles. The predicted octanol–water partition coefficient (Wildman–Crippen LogP) is 2.64. The van der Waals surface area contributed by atoms with Gasteiger partial charge in [-0.3, -0.25) is 4.79 Å². The molecule has 0 saturated carbocycles. The van der Waals surface area contributed by atoms with Crippen LogP contribution in [-0.4, -0.2) is 48.0 Å². The molecule has 1 aromatic carbocycles. The van der Waals surface area contributed by atoms with Crippen molar-refractivity contribution in [1.82, 2.24) is 9.88 Å². The summed E-state index contributed by atoms with van der Waals surface area (Å²) in [4.78, 5) is 21.3. The van der Waals surface area contributed by atoms with Crippen LogP contribution >= 0.6 is 0 Å². The summed E-state index contributed by atoms with van der Waals surface area (Å²) in [5.41, 5.74) is 8.34. The van der Waals surface area contributed by atoms with Crippen LogP contribution in [0.1, 0.15) is 41.1 Å². The fourth-order valence-electron chi connectivity index (χ4n) is 4.05. The van der Waals surface area contributed by atoms with Crippen molar-refractivity contribution in [2.24, 2.45) is 5.73 Å². The lowest BCUT2D eigenvalue weighted by atomic mass is 9.95. The second-order valence-corrected chi connectivity index (χ2v) is 7.34. The number of likely N-dealkylation sites (tertiary alicyclic amines) is 1. The van der Waals surface area contributed by atoms with Gasteiger partial charge in [0.05, 0.1) is 5.56 Å². The highest BCUT2D eigenvalue weighted by Gasteiger charge is 2.32. The normalized spacial score (nSPS) is 23.3. The zero-order valence-electron chi connectivity index (χ0n) is 15.1. The van der Waals surface area contributed by atoms with Crippen LogP contribution in [-0.2, 0) is 0 Å². The van der Waals surface area contributed by atoms with Crippen LogP contribution in [0.25, 0.3) is 0 Å². The van der Waals surface area contributed by atoms with Crippen LogP contribution in [0.4, 0.5) is 5.82 Å². The van der Waals surface area contributed by atoms with Gasteiger partial charge < -0.3 is 15.5 Å². The number of benzene rings is 1. The number of pyridine rings is 1. The van der Waals surface area contributed by atoms with E-state index >= 15 is 0 Å². The molecular formula is C21H26N4O. The van der Waals surface area contributed by atoms with Crippen molar-refractivity contribution < 1.29 is 4.79 Å². The fraction of sp³-hybridized carbons (Fsp3) is 0.429. The smallest absolute Gasteiger partial charge is 0.255 e. The molecule has 0 aliphatic carbocycles. The summed E-state index contributed by atoms with van der Waals surface area (Å²) in [6, 6.07) is 14.4. The van der Waals surface area contributed by atoms with Crippen LogP contribution in [0.15, 0.2) is 48.7 Å². The van der Waals surface area contributed by atoms with Crippen molar-refractivity contribution in [3.8, 4) is 0 Å². The molecule has 26 heavy (non-hydrogen) atoms. The first-order valence-corrected chi connectivity index (χ1v) is 9.53. The topological polar surface area (TPSA) is 62.5 Å². The number of aromatic nitrogens is 1. The van der Waals surface area contributed by atoms with Gasteiger partial charge in [0, 0.05) is 44.3 Å². The number of nitrogens with two attached hydrogens (primary N) is 1. The molecule has 2 aliphatic heterocycles. The number of piperidine rings is 1. The lowest BCUT2D eigenvalue weighted by Gasteiger charge is -2.26. The minimum absolute atomic E-state index is 0.0915. The van der Waals surface area contributed by atoms with E-state index in [0.29, 0.717) is 11.5 Å². The molecule has 2 N–H and O–H groups in total. The van der Waals surface area contributed by atoms with E-state index in [1.165, 1.54) is 12.0 Å². The second-order valence-electron chi connectivity index (χ2n) is 7.34. The minimum atomic E-state index is 0.0915. The zero-order valence-corrected chi connectivity index (χ0v) is 15.1. The van der Waals surface area contributed by atoms with E-state index in [-0.39, 0.29) is 11.9 Å². The van der Waals surface area contributed by atoms with E-state index in [1.54, 1.807) is 6.20 Å². The highest BCUT2D eigenvalue weighted by Crippen LogP contribution is 2.29. The first-order chi connectivity index (χ1) is 12.7. The maximum atomic E-state index is 12.6. The number of rotatable bonds is 3. The Morgan fingerprint density at radius 1 is 1.00 bits per heavy atom. The van der Waals surface area contributed by atoms with E-state index in [0.717, 1.165) is 44.8 Å². The molecule has 3 heterocycles. The Hall–Kier alpha value is -2.40. The van der Waals surface area contributed by atoms with Gasteiger partial charge in [-0.15, -0.1) is 0 Å². The number of anilines is 1. The highest BCUT2D eigenvalue weighted by atomic mass is 16.2. The van der Waals surface area contributed by atoms with E-state index in [4.69, 9.17) is 5.73 Å². The van der Waals surface area contributed by atoms with Gasteiger partial charge in [0.2, 0.25) is 0 Å². The van der Waals surface area contributed by atoms with Crippen LogP contribution in [0, 0.1) is 0 Å². The molecule has 2 atom stereocenters. The summed E-state index contributed by atoms with van der Waals surface area (Å²) in [5, 5.41) is 0. The first-order valence-electron chi connectivity index (χ1n) is 9.53. The minimum Gasteiger partial charge on any atom is -0.354 e. The monoisotopic (exact) mass is 350 g/mol. The van der Waals surface area contributed by atoms with Gasteiger partial charge in [0.15, 0.2) is 0 Å². The third-order valence-corrected chi connectivity index (χ3v) is 5.55. The Balaban J connectivity index is 1.45. The molecule has 0 unspecified atom stereocenters. The number of carbonyl (C=O) groups excluding carboxylic acids is 1. The Kier molecular flexibility index (Phi) is 4.89. The van der Waals surface area contributed by atoms with Crippen molar-refractivity contribution >= 4 is 11.7 Å². The summed E-state index contributed by atoms with van der Waals surface area (Å²) < 4.78 is 0. The van der Waals surface area contributed by atoms with Gasteiger partial charge in [-0.2, -0.15) is 0 Å². The number of hydrogen-bond acceptors (Lipinski definition) is 4. The van der Waals surface area contributed by atoms with Gasteiger partial charge in [-0.1, -0.05) is 30.3 Å². The molecule has 2 aromatic rings. The van der Waals surface area contributed by atoms with Crippen molar-refractivity contribution in [3.63, 3.8) is 0 Å². The Morgan fingerprint density at radius 2 is 1.77 bits per heavy atom. The average Bonchev–Trinajstić information content (AvgIpc) is 3.10. The molecule has 1 amide bonds. The molecule has 4 rings (SSSR count). The molecule has 0 radical (unpaired) electrons. The SMILES string of the molecule is N[C@@H]1CN(c2ccc(C(=O)N3CCCCC3)cn2)C[C@H]1c1ccccc1. The third-order valence-electron chi connectivity index (χ3n) is 5.55. The fourth-order valence-corrected chi connectivity index (χ4v) is 4.05. The molecule has 5 nitrogen and oxygen atoms in total. The second kappa shape index (κ2) is 7.46. The maximum Gasteiger partial charge on any atom is 0.255 e. The summed E-state index contributed by atoms with van der Waals surface area (Å²) in [5.74, 6) is 1.31. The number of carbonyl (C=O) groups is 1. The van der Waals surface area contributed by atoms with Gasteiger partial charge in [0.25, 0.3) is 5.91 Å². The molecule has 2 saturated heterocycles. The summed E-state index contributed by atoms with van der Waals surface area (Å²) >= 11 is 0. The van der Waals surface area contributed by atoms with Crippen LogP contribution in [0.3, 0.4) is 0 Å². The molecule has 0 spiro atoms. The van der Waals surface area contributed by atoms with Crippen molar-refractivity contribution in [2.45, 2.75) is 31.2 Å². The van der Waals surface area contributed by atoms with Gasteiger partial charge in [-0.25, -0.2) is 4.98 Å².